The fourth-order valence-electron chi connectivity index (χ4n) is 4.89. The molecule has 1 aliphatic rings. The molecule has 8 nitrogen and oxygen atoms in total. The molecule has 40 heavy (non-hydrogen) atoms. The second kappa shape index (κ2) is 11.5. The lowest BCUT2D eigenvalue weighted by Gasteiger charge is -2.40. The standard InChI is InChI=1S/C28H24ClF3N6O2/c29-23-12-11-21(17-22(23)28(30,31)32)35-26-25(38(39)40)27(34-18-33-26)37-15-13-36(14-16-37)24(19-7-3-1-4-8-19)20-9-5-2-6-10-20/h1-12,17-18,24H,13-16H2,(H,33,34,35). The number of nitro groups is 1. The van der Waals surface area contributed by atoms with E-state index in [9.17, 15) is 23.3 Å². The Labute approximate surface area is 233 Å². The molecule has 206 valence electrons. The highest BCUT2D eigenvalue weighted by Gasteiger charge is 2.35. The molecular weight excluding hydrogens is 545 g/mol. The summed E-state index contributed by atoms with van der Waals surface area (Å²) in [5.74, 6) is -0.109. The largest absolute Gasteiger partial charge is 0.417 e. The zero-order valence-corrected chi connectivity index (χ0v) is 21.8. The molecule has 0 aliphatic carbocycles. The summed E-state index contributed by atoms with van der Waals surface area (Å²) in [6.45, 7) is 2.11. The summed E-state index contributed by atoms with van der Waals surface area (Å²) in [4.78, 5) is 23.8. The fourth-order valence-corrected chi connectivity index (χ4v) is 5.12. The topological polar surface area (TPSA) is 87.4 Å². The van der Waals surface area contributed by atoms with Crippen LogP contribution in [-0.4, -0.2) is 46.0 Å². The summed E-state index contributed by atoms with van der Waals surface area (Å²) in [6, 6.07) is 23.4. The van der Waals surface area contributed by atoms with Gasteiger partial charge in [-0.25, -0.2) is 9.97 Å². The summed E-state index contributed by atoms with van der Waals surface area (Å²) in [6.07, 6.45) is -3.52. The zero-order chi connectivity index (χ0) is 28.3. The van der Waals surface area contributed by atoms with Crippen LogP contribution in [0.3, 0.4) is 0 Å². The molecule has 0 bridgehead atoms. The molecule has 12 heteroatoms. The third kappa shape index (κ3) is 5.85. The molecule has 0 atom stereocenters. The number of rotatable bonds is 7. The van der Waals surface area contributed by atoms with Crippen LogP contribution in [0, 0.1) is 10.1 Å². The Bertz CT molecular complexity index is 1440. The number of nitrogens with zero attached hydrogens (tertiary/aromatic N) is 5. The van der Waals surface area contributed by atoms with E-state index in [0.29, 0.717) is 26.2 Å². The first-order valence-electron chi connectivity index (χ1n) is 12.4. The van der Waals surface area contributed by atoms with Crippen LogP contribution in [0.4, 0.5) is 36.2 Å². The van der Waals surface area contributed by atoms with Crippen molar-refractivity contribution in [1.82, 2.24) is 14.9 Å². The minimum absolute atomic E-state index is 0.00916. The molecule has 2 heterocycles. The van der Waals surface area contributed by atoms with Crippen molar-refractivity contribution in [2.45, 2.75) is 12.2 Å². The highest BCUT2D eigenvalue weighted by molar-refractivity contribution is 6.31. The number of benzene rings is 3. The summed E-state index contributed by atoms with van der Waals surface area (Å²) in [5.41, 5.74) is 0.772. The van der Waals surface area contributed by atoms with Crippen LogP contribution in [0.2, 0.25) is 5.02 Å². The molecule has 1 fully saturated rings. The lowest BCUT2D eigenvalue weighted by molar-refractivity contribution is -0.383. The second-order valence-corrected chi connectivity index (χ2v) is 9.62. The normalized spacial score (nSPS) is 14.4. The SMILES string of the molecule is O=[N+]([O-])c1c(Nc2ccc(Cl)c(C(F)(F)F)c2)ncnc1N1CCN(C(c2ccccc2)c2ccccc2)CC1. The third-order valence-electron chi connectivity index (χ3n) is 6.73. The molecule has 0 spiro atoms. The van der Waals surface area contributed by atoms with E-state index < -0.39 is 27.4 Å². The monoisotopic (exact) mass is 568 g/mol. The van der Waals surface area contributed by atoms with Crippen molar-refractivity contribution in [2.75, 3.05) is 36.4 Å². The van der Waals surface area contributed by atoms with Crippen LogP contribution in [0.1, 0.15) is 22.7 Å². The maximum Gasteiger partial charge on any atom is 0.417 e. The van der Waals surface area contributed by atoms with Crippen LogP contribution in [0.5, 0.6) is 0 Å². The minimum Gasteiger partial charge on any atom is -0.348 e. The van der Waals surface area contributed by atoms with Gasteiger partial charge in [0.05, 0.1) is 21.6 Å². The summed E-state index contributed by atoms with van der Waals surface area (Å²) in [5, 5.41) is 14.3. The van der Waals surface area contributed by atoms with Gasteiger partial charge in [-0.15, -0.1) is 0 Å². The Morgan fingerprint density at radius 2 is 1.50 bits per heavy atom. The van der Waals surface area contributed by atoms with Crippen LogP contribution in [-0.2, 0) is 6.18 Å². The Kier molecular flexibility index (Phi) is 7.85. The number of hydrogen-bond donors (Lipinski definition) is 1. The van der Waals surface area contributed by atoms with Gasteiger partial charge in [-0.05, 0) is 29.3 Å². The smallest absolute Gasteiger partial charge is 0.348 e. The van der Waals surface area contributed by atoms with Gasteiger partial charge in [-0.1, -0.05) is 72.3 Å². The minimum atomic E-state index is -4.69. The first kappa shape index (κ1) is 27.4. The number of halogens is 4. The van der Waals surface area contributed by atoms with Crippen LogP contribution in [0.25, 0.3) is 0 Å². The molecule has 0 unspecified atom stereocenters. The van der Waals surface area contributed by atoms with E-state index in [2.05, 4.69) is 44.5 Å². The molecule has 0 saturated carbocycles. The number of piperazine rings is 1. The molecule has 0 radical (unpaired) electrons. The van der Waals surface area contributed by atoms with E-state index >= 15 is 0 Å². The molecule has 3 aromatic carbocycles. The average molecular weight is 569 g/mol. The summed E-state index contributed by atoms with van der Waals surface area (Å²) in [7, 11) is 0. The maximum atomic E-state index is 13.3. The van der Waals surface area contributed by atoms with Gasteiger partial charge in [-0.2, -0.15) is 13.2 Å². The third-order valence-corrected chi connectivity index (χ3v) is 7.06. The molecule has 1 aliphatic heterocycles. The van der Waals surface area contributed by atoms with E-state index in [1.807, 2.05) is 36.4 Å². The van der Waals surface area contributed by atoms with Gasteiger partial charge in [-0.3, -0.25) is 15.0 Å². The van der Waals surface area contributed by atoms with Gasteiger partial charge in [0.2, 0.25) is 11.6 Å². The molecule has 0 amide bonds. The predicted molar refractivity (Wildman–Crippen MR) is 147 cm³/mol. The van der Waals surface area contributed by atoms with E-state index in [4.69, 9.17) is 11.6 Å². The van der Waals surface area contributed by atoms with Crippen molar-refractivity contribution in [2.24, 2.45) is 0 Å². The molecule has 1 aromatic heterocycles. The second-order valence-electron chi connectivity index (χ2n) is 9.22. The van der Waals surface area contributed by atoms with E-state index in [0.717, 1.165) is 29.6 Å². The zero-order valence-electron chi connectivity index (χ0n) is 21.1. The van der Waals surface area contributed by atoms with E-state index in [1.54, 1.807) is 4.90 Å². The number of aromatic nitrogens is 2. The Morgan fingerprint density at radius 3 is 2.05 bits per heavy atom. The lowest BCUT2D eigenvalue weighted by Crippen LogP contribution is -2.48. The van der Waals surface area contributed by atoms with Crippen molar-refractivity contribution in [3.63, 3.8) is 0 Å². The quantitative estimate of drug-likeness (QED) is 0.196. The van der Waals surface area contributed by atoms with Crippen LogP contribution in [0.15, 0.2) is 85.2 Å². The van der Waals surface area contributed by atoms with Gasteiger partial charge in [0.1, 0.15) is 6.33 Å². The Morgan fingerprint density at radius 1 is 0.900 bits per heavy atom. The first-order chi connectivity index (χ1) is 19.2. The lowest BCUT2D eigenvalue weighted by atomic mass is 9.96. The van der Waals surface area contributed by atoms with E-state index in [-0.39, 0.29) is 23.4 Å². The summed E-state index contributed by atoms with van der Waals surface area (Å²) < 4.78 is 40.0. The average Bonchev–Trinajstić information content (AvgIpc) is 2.95. The van der Waals surface area contributed by atoms with Gasteiger partial charge in [0.15, 0.2) is 0 Å². The highest BCUT2D eigenvalue weighted by atomic mass is 35.5. The molecular formula is C28H24ClF3N6O2. The predicted octanol–water partition coefficient (Wildman–Crippen LogP) is 6.71. The molecule has 1 saturated heterocycles. The molecule has 1 N–H and O–H groups in total. The van der Waals surface area contributed by atoms with Crippen molar-refractivity contribution >= 4 is 34.6 Å². The number of anilines is 3. The highest BCUT2D eigenvalue weighted by Crippen LogP contribution is 2.39. The molecule has 4 aromatic rings. The van der Waals surface area contributed by atoms with Crippen molar-refractivity contribution < 1.29 is 18.1 Å². The number of nitrogens with one attached hydrogen (secondary N) is 1. The maximum absolute atomic E-state index is 13.3. The van der Waals surface area contributed by atoms with Crippen molar-refractivity contribution in [1.29, 1.82) is 0 Å². The molecule has 5 rings (SSSR count). The van der Waals surface area contributed by atoms with Crippen molar-refractivity contribution in [3.8, 4) is 0 Å². The van der Waals surface area contributed by atoms with Gasteiger partial charge >= 0.3 is 11.9 Å². The van der Waals surface area contributed by atoms with Crippen LogP contribution >= 0.6 is 11.6 Å². The Balaban J connectivity index is 1.40. The van der Waals surface area contributed by atoms with Crippen molar-refractivity contribution in [3.05, 3.63) is 117 Å². The van der Waals surface area contributed by atoms with E-state index in [1.165, 1.54) is 6.07 Å². The number of hydrogen-bond acceptors (Lipinski definition) is 7. The van der Waals surface area contributed by atoms with Gasteiger partial charge in [0, 0.05) is 31.9 Å². The van der Waals surface area contributed by atoms with Gasteiger partial charge < -0.3 is 10.2 Å². The van der Waals surface area contributed by atoms with Gasteiger partial charge in [0.25, 0.3) is 0 Å². The Hall–Kier alpha value is -4.22. The summed E-state index contributed by atoms with van der Waals surface area (Å²) >= 11 is 5.71. The fraction of sp³-hybridized carbons (Fsp3) is 0.214. The van der Waals surface area contributed by atoms with Crippen LogP contribution < -0.4 is 10.2 Å². The number of alkyl halides is 3. The first-order valence-corrected chi connectivity index (χ1v) is 12.8.